The zero-order valence-electron chi connectivity index (χ0n) is 8.90. The topological polar surface area (TPSA) is 51.0 Å². The molecule has 4 nitrogen and oxygen atoms in total. The number of rotatable bonds is 4. The maximum absolute atomic E-state index is 13.5. The van der Waals surface area contributed by atoms with Crippen LogP contribution in [0.15, 0.2) is 29.2 Å². The van der Waals surface area contributed by atoms with Gasteiger partial charge < -0.3 is 9.73 Å². The highest BCUT2D eigenvalue weighted by molar-refractivity contribution is 5.59. The maximum atomic E-state index is 13.5. The smallest absolute Gasteiger partial charge is 0.223 e. The third-order valence-electron chi connectivity index (χ3n) is 2.07. The van der Waals surface area contributed by atoms with Gasteiger partial charge in [0.2, 0.25) is 5.95 Å². The van der Waals surface area contributed by atoms with E-state index in [1.807, 2.05) is 6.92 Å². The molecule has 84 valence electrons. The van der Waals surface area contributed by atoms with E-state index in [-0.39, 0.29) is 5.69 Å². The number of hydrogen-bond donors (Lipinski definition) is 1. The van der Waals surface area contributed by atoms with E-state index in [0.29, 0.717) is 11.5 Å². The molecule has 5 heteroatoms. The molecule has 0 aliphatic heterocycles. The SMILES string of the molecule is CCCNc1ncc(F)c(-c2ccoc2)n1. The Hall–Kier alpha value is -1.91. The van der Waals surface area contributed by atoms with Crippen LogP contribution in [-0.4, -0.2) is 16.5 Å². The molecule has 0 aromatic carbocycles. The summed E-state index contributed by atoms with van der Waals surface area (Å²) in [6.07, 6.45) is 5.06. The highest BCUT2D eigenvalue weighted by Gasteiger charge is 2.09. The molecular weight excluding hydrogens is 209 g/mol. The fraction of sp³-hybridized carbons (Fsp3) is 0.273. The van der Waals surface area contributed by atoms with Gasteiger partial charge in [-0.1, -0.05) is 6.92 Å². The van der Waals surface area contributed by atoms with Crippen LogP contribution >= 0.6 is 0 Å². The Bertz CT molecular complexity index is 456. The van der Waals surface area contributed by atoms with Gasteiger partial charge in [0.05, 0.1) is 18.7 Å². The second-order valence-electron chi connectivity index (χ2n) is 3.33. The van der Waals surface area contributed by atoms with Gasteiger partial charge in [-0.25, -0.2) is 14.4 Å². The molecule has 0 fully saturated rings. The van der Waals surface area contributed by atoms with E-state index in [2.05, 4.69) is 15.3 Å². The van der Waals surface area contributed by atoms with Crippen LogP contribution in [0.4, 0.5) is 10.3 Å². The van der Waals surface area contributed by atoms with Crippen LogP contribution in [0, 0.1) is 5.82 Å². The first-order valence-electron chi connectivity index (χ1n) is 5.10. The van der Waals surface area contributed by atoms with Crippen molar-refractivity contribution < 1.29 is 8.81 Å². The number of furan rings is 1. The Morgan fingerprint density at radius 1 is 1.50 bits per heavy atom. The molecule has 0 aliphatic carbocycles. The van der Waals surface area contributed by atoms with Crippen LogP contribution in [0.2, 0.25) is 0 Å². The van der Waals surface area contributed by atoms with Gasteiger partial charge in [0, 0.05) is 12.1 Å². The van der Waals surface area contributed by atoms with Crippen LogP contribution in [0.5, 0.6) is 0 Å². The minimum Gasteiger partial charge on any atom is -0.472 e. The van der Waals surface area contributed by atoms with E-state index in [0.717, 1.165) is 19.2 Å². The minimum absolute atomic E-state index is 0.252. The second kappa shape index (κ2) is 4.74. The Balaban J connectivity index is 2.30. The molecule has 0 amide bonds. The van der Waals surface area contributed by atoms with E-state index in [9.17, 15) is 4.39 Å². The van der Waals surface area contributed by atoms with Crippen molar-refractivity contribution in [2.45, 2.75) is 13.3 Å². The van der Waals surface area contributed by atoms with Crippen molar-refractivity contribution in [1.82, 2.24) is 9.97 Å². The quantitative estimate of drug-likeness (QED) is 0.862. The van der Waals surface area contributed by atoms with Gasteiger partial charge in [-0.15, -0.1) is 0 Å². The van der Waals surface area contributed by atoms with Crippen LogP contribution in [-0.2, 0) is 0 Å². The lowest BCUT2D eigenvalue weighted by Crippen LogP contribution is -2.05. The normalized spacial score (nSPS) is 10.4. The van der Waals surface area contributed by atoms with E-state index in [1.165, 1.54) is 12.5 Å². The van der Waals surface area contributed by atoms with Crippen molar-refractivity contribution in [3.05, 3.63) is 30.6 Å². The van der Waals surface area contributed by atoms with Crippen molar-refractivity contribution in [3.8, 4) is 11.3 Å². The van der Waals surface area contributed by atoms with Crippen LogP contribution in [0.1, 0.15) is 13.3 Å². The molecule has 0 atom stereocenters. The van der Waals surface area contributed by atoms with Crippen molar-refractivity contribution in [1.29, 1.82) is 0 Å². The number of nitrogens with zero attached hydrogens (tertiary/aromatic N) is 2. The summed E-state index contributed by atoms with van der Waals surface area (Å²) in [7, 11) is 0. The third kappa shape index (κ3) is 2.18. The summed E-state index contributed by atoms with van der Waals surface area (Å²) in [5, 5.41) is 3.00. The van der Waals surface area contributed by atoms with Gasteiger partial charge in [0.25, 0.3) is 0 Å². The second-order valence-corrected chi connectivity index (χ2v) is 3.33. The van der Waals surface area contributed by atoms with Gasteiger partial charge in [-0.05, 0) is 12.5 Å². The largest absolute Gasteiger partial charge is 0.472 e. The lowest BCUT2D eigenvalue weighted by atomic mass is 10.2. The number of halogens is 1. The Morgan fingerprint density at radius 2 is 2.38 bits per heavy atom. The third-order valence-corrected chi connectivity index (χ3v) is 2.07. The molecule has 16 heavy (non-hydrogen) atoms. The summed E-state index contributed by atoms with van der Waals surface area (Å²) >= 11 is 0. The first kappa shape index (κ1) is 10.6. The number of nitrogens with one attached hydrogen (secondary N) is 1. The number of hydrogen-bond acceptors (Lipinski definition) is 4. The molecule has 0 radical (unpaired) electrons. The molecule has 2 aromatic rings. The van der Waals surface area contributed by atoms with E-state index >= 15 is 0 Å². The lowest BCUT2D eigenvalue weighted by molar-refractivity contribution is 0.567. The van der Waals surface area contributed by atoms with Gasteiger partial charge in [0.15, 0.2) is 5.82 Å². The van der Waals surface area contributed by atoms with Gasteiger partial charge in [-0.2, -0.15) is 0 Å². The van der Waals surface area contributed by atoms with Crippen LogP contribution in [0.25, 0.3) is 11.3 Å². The molecule has 2 heterocycles. The molecule has 0 spiro atoms. The first-order chi connectivity index (χ1) is 7.81. The predicted octanol–water partition coefficient (Wildman–Crippen LogP) is 2.70. The standard InChI is InChI=1S/C11H12FN3O/c1-2-4-13-11-14-6-9(12)10(15-11)8-3-5-16-7-8/h3,5-7H,2,4H2,1H3,(H,13,14,15). The van der Waals surface area contributed by atoms with Crippen molar-refractivity contribution in [3.63, 3.8) is 0 Å². The molecule has 1 N–H and O–H groups in total. The van der Waals surface area contributed by atoms with E-state index < -0.39 is 5.82 Å². The molecule has 0 aliphatic rings. The number of anilines is 1. The average molecular weight is 221 g/mol. The average Bonchev–Trinajstić information content (AvgIpc) is 2.81. The van der Waals surface area contributed by atoms with Crippen molar-refractivity contribution >= 4 is 5.95 Å². The Kier molecular flexibility index (Phi) is 3.14. The van der Waals surface area contributed by atoms with E-state index in [4.69, 9.17) is 4.42 Å². The summed E-state index contributed by atoms with van der Waals surface area (Å²) in [5.41, 5.74) is 0.863. The van der Waals surface area contributed by atoms with Crippen molar-refractivity contribution in [2.75, 3.05) is 11.9 Å². The zero-order chi connectivity index (χ0) is 11.4. The molecule has 0 saturated carbocycles. The fourth-order valence-electron chi connectivity index (χ4n) is 1.29. The highest BCUT2D eigenvalue weighted by atomic mass is 19.1. The van der Waals surface area contributed by atoms with Crippen molar-refractivity contribution in [2.24, 2.45) is 0 Å². The molecule has 0 unspecified atom stereocenters. The summed E-state index contributed by atoms with van der Waals surface area (Å²) < 4.78 is 18.4. The summed E-state index contributed by atoms with van der Waals surface area (Å²) in [4.78, 5) is 7.95. The summed E-state index contributed by atoms with van der Waals surface area (Å²) in [6.45, 7) is 2.80. The first-order valence-corrected chi connectivity index (χ1v) is 5.10. The summed E-state index contributed by atoms with van der Waals surface area (Å²) in [6, 6.07) is 1.66. The molecule has 2 aromatic heterocycles. The molecule has 0 bridgehead atoms. The van der Waals surface area contributed by atoms with E-state index in [1.54, 1.807) is 6.07 Å². The predicted molar refractivity (Wildman–Crippen MR) is 58.5 cm³/mol. The highest BCUT2D eigenvalue weighted by Crippen LogP contribution is 2.21. The minimum atomic E-state index is -0.455. The van der Waals surface area contributed by atoms with Crippen LogP contribution in [0.3, 0.4) is 0 Å². The number of aromatic nitrogens is 2. The fourth-order valence-corrected chi connectivity index (χ4v) is 1.29. The molecule has 0 saturated heterocycles. The Labute approximate surface area is 92.5 Å². The maximum Gasteiger partial charge on any atom is 0.223 e. The monoisotopic (exact) mass is 221 g/mol. The van der Waals surface area contributed by atoms with Gasteiger partial charge in [-0.3, -0.25) is 0 Å². The Morgan fingerprint density at radius 3 is 3.06 bits per heavy atom. The van der Waals surface area contributed by atoms with Gasteiger partial charge in [0.1, 0.15) is 5.69 Å². The zero-order valence-corrected chi connectivity index (χ0v) is 8.90. The van der Waals surface area contributed by atoms with Gasteiger partial charge >= 0.3 is 0 Å². The summed E-state index contributed by atoms with van der Waals surface area (Å²) in [5.74, 6) is -0.0251. The van der Waals surface area contributed by atoms with Crippen LogP contribution < -0.4 is 5.32 Å². The molecule has 2 rings (SSSR count). The lowest BCUT2D eigenvalue weighted by Gasteiger charge is -2.04. The molecular formula is C11H12FN3O.